The first kappa shape index (κ1) is 9.40. The third kappa shape index (κ3) is 23300. The first-order chi connectivity index (χ1) is 2.00. The van der Waals surface area contributed by atoms with Gasteiger partial charge in [0.05, 0.1) is 0 Å². The summed E-state index contributed by atoms with van der Waals surface area (Å²) in [5.74, 6) is 0. The molecule has 0 amide bonds. The number of quaternary nitrogens is 1. The number of hydrogen-bond donors (Lipinski definition) is 1. The molecule has 0 aromatic rings. The van der Waals surface area contributed by atoms with Gasteiger partial charge in [0.15, 0.2) is 0 Å². The van der Waals surface area contributed by atoms with Gasteiger partial charge in [-0.2, -0.15) is 0 Å². The third-order valence-corrected chi connectivity index (χ3v) is 0. The smallest absolute Gasteiger partial charge is 0.556 e. The fraction of sp³-hybridized carbons (Fsp3) is 1.00. The monoisotopic (exact) mass is 121 g/mol. The van der Waals surface area contributed by atoms with Crippen LogP contribution in [0.3, 0.4) is 0 Å². The lowest BCUT2D eigenvalue weighted by Crippen LogP contribution is -3.00. The maximum atomic E-state index is 10.2. The van der Waals surface area contributed by atoms with Crippen molar-refractivity contribution in [1.82, 2.24) is 0 Å². The van der Waals surface area contributed by atoms with Crippen LogP contribution < -0.4 is 18.1 Å². The van der Waals surface area contributed by atoms with Gasteiger partial charge in [-0.15, -0.1) is 13.2 Å². The minimum Gasteiger partial charge on any atom is -1.00 e. The van der Waals surface area contributed by atoms with Crippen molar-refractivity contribution in [3.8, 4) is 0 Å². The van der Waals surface area contributed by atoms with E-state index in [0.29, 0.717) is 0 Å². The zero-order valence-corrected chi connectivity index (χ0v) is 3.47. The molecule has 0 saturated heterocycles. The molecule has 0 aliphatic carbocycles. The Hall–Kier alpha value is 0.0400. The normalized spacial score (nSPS) is 10.0. The highest BCUT2D eigenvalue weighted by Crippen LogP contribution is 1.98. The van der Waals surface area contributed by atoms with Crippen LogP contribution in [0.15, 0.2) is 0 Å². The van der Waals surface area contributed by atoms with Crippen molar-refractivity contribution in [1.29, 1.82) is 0 Å². The molecule has 0 aromatic carbocycles. The van der Waals surface area contributed by atoms with Crippen LogP contribution in [-0.2, 0) is 0 Å². The van der Waals surface area contributed by atoms with E-state index >= 15 is 0 Å². The van der Waals surface area contributed by atoms with Gasteiger partial charge in [-0.05, 0) is 0 Å². The summed E-state index contributed by atoms with van der Waals surface area (Å²) in [6.07, 6.45) is -4.25. The minimum atomic E-state index is -4.25. The lowest BCUT2D eigenvalue weighted by molar-refractivity contribution is -0.618. The standard InChI is InChI=1S/CH2F3N.ClH/c2-1(3,4)5;/h5H2;1H. The van der Waals surface area contributed by atoms with Gasteiger partial charge in [0.25, 0.3) is 0 Å². The molecular weight excluding hydrogens is 118 g/mol. The highest BCUT2D eigenvalue weighted by atomic mass is 35.5. The van der Waals surface area contributed by atoms with E-state index in [0.717, 1.165) is 0 Å². The van der Waals surface area contributed by atoms with Crippen molar-refractivity contribution in [2.24, 2.45) is 0 Å². The van der Waals surface area contributed by atoms with E-state index in [1.165, 1.54) is 0 Å². The van der Waals surface area contributed by atoms with E-state index in [-0.39, 0.29) is 12.4 Å². The first-order valence-electron chi connectivity index (χ1n) is 0.921. The van der Waals surface area contributed by atoms with Crippen LogP contribution >= 0.6 is 0 Å². The molecule has 0 unspecified atom stereocenters. The number of halogens is 4. The maximum Gasteiger partial charge on any atom is 0.556 e. The van der Waals surface area contributed by atoms with E-state index in [9.17, 15) is 13.2 Å². The second kappa shape index (κ2) is 2.25. The number of rotatable bonds is 0. The van der Waals surface area contributed by atoms with Gasteiger partial charge in [-0.3, -0.25) is 5.73 Å². The van der Waals surface area contributed by atoms with Gasteiger partial charge in [-0.1, -0.05) is 0 Å². The van der Waals surface area contributed by atoms with Crippen LogP contribution in [0, 0.1) is 0 Å². The average molecular weight is 121 g/mol. The van der Waals surface area contributed by atoms with Crippen LogP contribution in [0.1, 0.15) is 0 Å². The Morgan fingerprint density at radius 1 is 1.17 bits per heavy atom. The predicted octanol–water partition coefficient (Wildman–Crippen LogP) is -3.25. The second-order valence-electron chi connectivity index (χ2n) is 0.615. The van der Waals surface area contributed by atoms with E-state index in [2.05, 4.69) is 0 Å². The Labute approximate surface area is 38.7 Å². The Bertz CT molecular complexity index is 26.3. The Kier molecular flexibility index (Phi) is 3.53. The van der Waals surface area contributed by atoms with Gasteiger partial charge in [-0.25, -0.2) is 0 Å². The summed E-state index contributed by atoms with van der Waals surface area (Å²) in [5, 5.41) is 0. The third-order valence-electron chi connectivity index (χ3n) is 0. The average Bonchev–Trinajstić information content (AvgIpc) is 0.722. The summed E-state index contributed by atoms with van der Waals surface area (Å²) >= 11 is 0. The van der Waals surface area contributed by atoms with Crippen LogP contribution in [0.4, 0.5) is 13.2 Å². The number of hydrogen-bond acceptors (Lipinski definition) is 0. The first-order valence-corrected chi connectivity index (χ1v) is 0.921. The lowest BCUT2D eigenvalue weighted by atomic mass is 11.3. The fourth-order valence-electron chi connectivity index (χ4n) is 0. The summed E-state index contributed by atoms with van der Waals surface area (Å²) in [6.45, 7) is 0. The van der Waals surface area contributed by atoms with E-state index in [1.807, 2.05) is 0 Å². The second-order valence-corrected chi connectivity index (χ2v) is 0.615. The Balaban J connectivity index is 0. The Morgan fingerprint density at radius 2 is 1.17 bits per heavy atom. The molecule has 0 aliphatic heterocycles. The molecule has 0 saturated carbocycles. The molecule has 0 rings (SSSR count). The van der Waals surface area contributed by atoms with E-state index < -0.39 is 6.30 Å². The molecule has 40 valence electrons. The largest absolute Gasteiger partial charge is 1.00 e. The molecule has 0 fully saturated rings. The topological polar surface area (TPSA) is 27.6 Å². The van der Waals surface area contributed by atoms with Crippen molar-refractivity contribution in [2.45, 2.75) is 6.30 Å². The summed E-state index contributed by atoms with van der Waals surface area (Å²) in [5.41, 5.74) is 1.77. The molecule has 5 heteroatoms. The summed E-state index contributed by atoms with van der Waals surface area (Å²) in [6, 6.07) is 0. The minimum absolute atomic E-state index is 0. The summed E-state index contributed by atoms with van der Waals surface area (Å²) < 4.78 is 30.7. The Morgan fingerprint density at radius 3 is 1.17 bits per heavy atom. The predicted molar refractivity (Wildman–Crippen MR) is 8.94 cm³/mol. The number of alkyl halides is 3. The van der Waals surface area contributed by atoms with Crippen LogP contribution in [0.25, 0.3) is 0 Å². The van der Waals surface area contributed by atoms with Crippen molar-refractivity contribution in [3.05, 3.63) is 0 Å². The lowest BCUT2D eigenvalue weighted by Gasteiger charge is -1.83. The quantitative estimate of drug-likeness (QED) is 0.326. The van der Waals surface area contributed by atoms with Crippen molar-refractivity contribution >= 4 is 0 Å². The molecule has 0 aliphatic rings. The van der Waals surface area contributed by atoms with Crippen LogP contribution in [0.5, 0.6) is 0 Å². The molecule has 0 atom stereocenters. The van der Waals surface area contributed by atoms with E-state index in [4.69, 9.17) is 0 Å². The highest BCUT2D eigenvalue weighted by Gasteiger charge is 2.23. The van der Waals surface area contributed by atoms with Gasteiger partial charge in [0, 0.05) is 0 Å². The van der Waals surface area contributed by atoms with Crippen LogP contribution in [-0.4, -0.2) is 6.30 Å². The van der Waals surface area contributed by atoms with Gasteiger partial charge in [0.2, 0.25) is 0 Å². The van der Waals surface area contributed by atoms with Gasteiger partial charge < -0.3 is 12.4 Å². The zero-order valence-electron chi connectivity index (χ0n) is 2.72. The SMILES string of the molecule is [Cl-].[NH3+]C(F)(F)F. The zero-order chi connectivity index (χ0) is 4.50. The van der Waals surface area contributed by atoms with E-state index in [1.54, 1.807) is 5.73 Å². The van der Waals surface area contributed by atoms with Crippen molar-refractivity contribution in [3.63, 3.8) is 0 Å². The van der Waals surface area contributed by atoms with Gasteiger partial charge in [0.1, 0.15) is 0 Å². The summed E-state index contributed by atoms with van der Waals surface area (Å²) in [7, 11) is 0. The molecule has 6 heavy (non-hydrogen) atoms. The molecule has 0 aromatic heterocycles. The highest BCUT2D eigenvalue weighted by molar-refractivity contribution is 4.01. The van der Waals surface area contributed by atoms with Crippen LogP contribution in [0.2, 0.25) is 0 Å². The molecule has 0 radical (unpaired) electrons. The molecule has 1 nitrogen and oxygen atoms in total. The van der Waals surface area contributed by atoms with Crippen molar-refractivity contribution in [2.75, 3.05) is 0 Å². The molecule has 0 heterocycles. The van der Waals surface area contributed by atoms with Crippen molar-refractivity contribution < 1.29 is 31.3 Å². The molecule has 0 bridgehead atoms. The van der Waals surface area contributed by atoms with Gasteiger partial charge >= 0.3 is 6.30 Å². The molecular formula is CH3ClF3N. The molecule has 3 N–H and O–H groups in total. The fourth-order valence-corrected chi connectivity index (χ4v) is 0. The molecule has 0 spiro atoms. The summed E-state index contributed by atoms with van der Waals surface area (Å²) in [4.78, 5) is 0. The maximum absolute atomic E-state index is 10.2.